The molecule has 1 unspecified atom stereocenters. The zero-order valence-corrected chi connectivity index (χ0v) is 11.4. The van der Waals surface area contributed by atoms with Crippen molar-refractivity contribution < 1.29 is 19.1 Å². The molecule has 0 saturated heterocycles. The van der Waals surface area contributed by atoms with E-state index in [0.717, 1.165) is 12.8 Å². The number of nitrogens with zero attached hydrogens (tertiary/aromatic N) is 1. The summed E-state index contributed by atoms with van der Waals surface area (Å²) in [6, 6.07) is -0.688. The molecule has 1 atom stereocenters. The lowest BCUT2D eigenvalue weighted by atomic mass is 10.2. The van der Waals surface area contributed by atoms with E-state index in [1.54, 1.807) is 26.8 Å². The molecule has 1 aliphatic heterocycles. The van der Waals surface area contributed by atoms with Gasteiger partial charge in [-0.05, 0) is 33.6 Å². The van der Waals surface area contributed by atoms with Crippen molar-refractivity contribution in [3.05, 3.63) is 12.2 Å². The molecule has 0 N–H and O–H groups in total. The van der Waals surface area contributed by atoms with E-state index in [0.29, 0.717) is 6.54 Å². The van der Waals surface area contributed by atoms with Crippen LogP contribution in [0.25, 0.3) is 0 Å². The van der Waals surface area contributed by atoms with Crippen molar-refractivity contribution >= 4 is 12.1 Å². The molecule has 18 heavy (non-hydrogen) atoms. The van der Waals surface area contributed by atoms with Gasteiger partial charge in [0.2, 0.25) is 0 Å². The summed E-state index contributed by atoms with van der Waals surface area (Å²) in [4.78, 5) is 25.2. The van der Waals surface area contributed by atoms with Gasteiger partial charge < -0.3 is 9.47 Å². The SMILES string of the molecule is COC(=O)C1C=CCCCN1C(=O)OC(C)(C)C. The second-order valence-electron chi connectivity index (χ2n) is 5.21. The van der Waals surface area contributed by atoms with Gasteiger partial charge >= 0.3 is 12.1 Å². The third-order valence-corrected chi connectivity index (χ3v) is 2.49. The topological polar surface area (TPSA) is 55.8 Å². The third kappa shape index (κ3) is 4.05. The van der Waals surface area contributed by atoms with Crippen LogP contribution in [0.2, 0.25) is 0 Å². The molecule has 0 fully saturated rings. The van der Waals surface area contributed by atoms with Crippen molar-refractivity contribution in [2.75, 3.05) is 13.7 Å². The summed E-state index contributed by atoms with van der Waals surface area (Å²) in [5.41, 5.74) is -0.576. The second kappa shape index (κ2) is 5.89. The molecule has 1 rings (SSSR count). The minimum atomic E-state index is -0.688. The fourth-order valence-corrected chi connectivity index (χ4v) is 1.70. The predicted octanol–water partition coefficient (Wildman–Crippen LogP) is 2.12. The van der Waals surface area contributed by atoms with E-state index in [-0.39, 0.29) is 0 Å². The van der Waals surface area contributed by atoms with E-state index in [1.165, 1.54) is 12.0 Å². The summed E-state index contributed by atoms with van der Waals surface area (Å²) in [6.07, 6.45) is 4.76. The standard InChI is InChI=1S/C13H21NO4/c1-13(2,3)18-12(16)14-9-7-5-6-8-10(14)11(15)17-4/h6,8,10H,5,7,9H2,1-4H3. The molecule has 1 heterocycles. The first kappa shape index (κ1) is 14.5. The van der Waals surface area contributed by atoms with Gasteiger partial charge in [-0.3, -0.25) is 4.90 Å². The number of ether oxygens (including phenoxy) is 2. The number of amides is 1. The van der Waals surface area contributed by atoms with Crippen molar-refractivity contribution in [2.45, 2.75) is 45.3 Å². The number of carbonyl (C=O) groups excluding carboxylic acids is 2. The molecule has 0 aromatic rings. The smallest absolute Gasteiger partial charge is 0.411 e. The highest BCUT2D eigenvalue weighted by Gasteiger charge is 2.32. The van der Waals surface area contributed by atoms with Gasteiger partial charge in [-0.2, -0.15) is 0 Å². The van der Waals surface area contributed by atoms with Crippen molar-refractivity contribution in [1.82, 2.24) is 4.90 Å². The van der Waals surface area contributed by atoms with Crippen molar-refractivity contribution in [1.29, 1.82) is 0 Å². The van der Waals surface area contributed by atoms with Gasteiger partial charge in [-0.15, -0.1) is 0 Å². The number of methoxy groups -OCH3 is 1. The van der Waals surface area contributed by atoms with Crippen LogP contribution in [0.5, 0.6) is 0 Å². The van der Waals surface area contributed by atoms with Crippen LogP contribution in [0, 0.1) is 0 Å². The molecule has 0 spiro atoms. The molecule has 1 amide bonds. The van der Waals surface area contributed by atoms with Crippen LogP contribution in [0.3, 0.4) is 0 Å². The number of allylic oxidation sites excluding steroid dienone is 1. The predicted molar refractivity (Wildman–Crippen MR) is 67.1 cm³/mol. The Kier molecular flexibility index (Phi) is 4.76. The highest BCUT2D eigenvalue weighted by molar-refractivity contribution is 5.83. The van der Waals surface area contributed by atoms with Crippen molar-refractivity contribution in [3.8, 4) is 0 Å². The summed E-state index contributed by atoms with van der Waals surface area (Å²) in [5, 5.41) is 0. The zero-order valence-electron chi connectivity index (χ0n) is 11.4. The Morgan fingerprint density at radius 3 is 2.56 bits per heavy atom. The van der Waals surface area contributed by atoms with Gasteiger partial charge in [0.15, 0.2) is 6.04 Å². The van der Waals surface area contributed by atoms with Crippen LogP contribution in [0.15, 0.2) is 12.2 Å². The van der Waals surface area contributed by atoms with Crippen LogP contribution in [0.4, 0.5) is 4.79 Å². The minimum absolute atomic E-state index is 0.445. The van der Waals surface area contributed by atoms with E-state index in [9.17, 15) is 9.59 Å². The van der Waals surface area contributed by atoms with Crippen LogP contribution in [-0.2, 0) is 14.3 Å². The first-order valence-electron chi connectivity index (χ1n) is 6.09. The number of rotatable bonds is 1. The third-order valence-electron chi connectivity index (χ3n) is 2.49. The highest BCUT2D eigenvalue weighted by Crippen LogP contribution is 2.17. The molecule has 0 bridgehead atoms. The largest absolute Gasteiger partial charge is 0.467 e. The fourth-order valence-electron chi connectivity index (χ4n) is 1.70. The molecule has 0 aromatic heterocycles. The average molecular weight is 255 g/mol. The summed E-state index contributed by atoms with van der Waals surface area (Å²) >= 11 is 0. The molecular formula is C13H21NO4. The molecule has 5 heteroatoms. The van der Waals surface area contributed by atoms with E-state index >= 15 is 0 Å². The van der Waals surface area contributed by atoms with Crippen molar-refractivity contribution in [3.63, 3.8) is 0 Å². The van der Waals surface area contributed by atoms with E-state index in [4.69, 9.17) is 9.47 Å². The zero-order chi connectivity index (χ0) is 13.8. The molecule has 1 aliphatic rings. The van der Waals surface area contributed by atoms with E-state index < -0.39 is 23.7 Å². The first-order valence-corrected chi connectivity index (χ1v) is 6.09. The molecule has 102 valence electrons. The Morgan fingerprint density at radius 1 is 1.33 bits per heavy atom. The molecule has 5 nitrogen and oxygen atoms in total. The minimum Gasteiger partial charge on any atom is -0.467 e. The average Bonchev–Trinajstić information content (AvgIpc) is 2.50. The Balaban J connectivity index is 2.84. The normalized spacial score (nSPS) is 20.2. The van der Waals surface area contributed by atoms with Crippen LogP contribution in [-0.4, -0.2) is 42.3 Å². The number of carbonyl (C=O) groups is 2. The van der Waals surface area contributed by atoms with Gasteiger partial charge in [0, 0.05) is 6.54 Å². The highest BCUT2D eigenvalue weighted by atomic mass is 16.6. The Labute approximate surface area is 108 Å². The Bertz CT molecular complexity index is 343. The molecular weight excluding hydrogens is 234 g/mol. The van der Waals surface area contributed by atoms with Gasteiger partial charge in [0.05, 0.1) is 7.11 Å². The van der Waals surface area contributed by atoms with Crippen molar-refractivity contribution in [2.24, 2.45) is 0 Å². The lowest BCUT2D eigenvalue weighted by molar-refractivity contribution is -0.144. The molecule has 0 aliphatic carbocycles. The van der Waals surface area contributed by atoms with Gasteiger partial charge in [0.25, 0.3) is 0 Å². The Morgan fingerprint density at radius 2 is 2.00 bits per heavy atom. The maximum atomic E-state index is 12.1. The first-order chi connectivity index (χ1) is 8.35. The van der Waals surface area contributed by atoms with Crippen LogP contribution < -0.4 is 0 Å². The lowest BCUT2D eigenvalue weighted by Crippen LogP contribution is -2.46. The molecule has 0 aromatic carbocycles. The maximum absolute atomic E-state index is 12.1. The summed E-state index contributed by atoms with van der Waals surface area (Å²) in [7, 11) is 1.31. The van der Waals surface area contributed by atoms with E-state index in [1.807, 2.05) is 6.08 Å². The van der Waals surface area contributed by atoms with Gasteiger partial charge in [-0.1, -0.05) is 12.2 Å². The number of hydrogen-bond acceptors (Lipinski definition) is 4. The molecule has 0 radical (unpaired) electrons. The van der Waals surface area contributed by atoms with Crippen LogP contribution >= 0.6 is 0 Å². The summed E-state index contributed by atoms with van der Waals surface area (Å²) < 4.78 is 10.0. The monoisotopic (exact) mass is 255 g/mol. The number of esters is 1. The fraction of sp³-hybridized carbons (Fsp3) is 0.692. The van der Waals surface area contributed by atoms with Gasteiger partial charge in [0.1, 0.15) is 5.60 Å². The Hall–Kier alpha value is -1.52. The summed E-state index contributed by atoms with van der Waals surface area (Å²) in [6.45, 7) is 5.88. The lowest BCUT2D eigenvalue weighted by Gasteiger charge is -2.29. The summed E-state index contributed by atoms with van der Waals surface area (Å²) in [5.74, 6) is -0.445. The molecule has 0 saturated carbocycles. The number of hydrogen-bond donors (Lipinski definition) is 0. The maximum Gasteiger partial charge on any atom is 0.411 e. The van der Waals surface area contributed by atoms with E-state index in [2.05, 4.69) is 0 Å². The quantitative estimate of drug-likeness (QED) is 0.532. The van der Waals surface area contributed by atoms with Crippen LogP contribution in [0.1, 0.15) is 33.6 Å². The van der Waals surface area contributed by atoms with Gasteiger partial charge in [-0.25, -0.2) is 9.59 Å². The second-order valence-corrected chi connectivity index (χ2v) is 5.21.